The van der Waals surface area contributed by atoms with Crippen LogP contribution in [0.1, 0.15) is 52.7 Å². The van der Waals surface area contributed by atoms with Gasteiger partial charge in [0.15, 0.2) is 0 Å². The van der Waals surface area contributed by atoms with Crippen molar-refractivity contribution < 1.29 is 0 Å². The van der Waals surface area contributed by atoms with Gasteiger partial charge in [-0.25, -0.2) is 0 Å². The first-order chi connectivity index (χ1) is 12.5. The van der Waals surface area contributed by atoms with Crippen LogP contribution in [0.5, 0.6) is 0 Å². The Kier molecular flexibility index (Phi) is 5.08. The fourth-order valence-corrected chi connectivity index (χ4v) is 3.31. The van der Waals surface area contributed by atoms with Crippen molar-refractivity contribution in [1.82, 2.24) is 0 Å². The second-order valence-electron chi connectivity index (χ2n) is 9.50. The minimum atomic E-state index is 0.161. The minimum absolute atomic E-state index is 0.161. The Morgan fingerprint density at radius 3 is 1.11 bits per heavy atom. The topological polar surface area (TPSA) is 0 Å². The van der Waals surface area contributed by atoms with Crippen molar-refractivity contribution >= 4 is 13.3 Å². The summed E-state index contributed by atoms with van der Waals surface area (Å²) < 4.78 is 0. The van der Waals surface area contributed by atoms with E-state index in [0.717, 1.165) is 16.6 Å². The summed E-state index contributed by atoms with van der Waals surface area (Å²) >= 11 is 0. The van der Waals surface area contributed by atoms with Gasteiger partial charge in [0.1, 0.15) is 7.85 Å². The maximum absolute atomic E-state index is 6.23. The Labute approximate surface area is 166 Å². The van der Waals surface area contributed by atoms with E-state index in [0.29, 0.717) is 0 Å². The highest BCUT2D eigenvalue weighted by Crippen LogP contribution is 2.30. The molecule has 0 spiro atoms. The van der Waals surface area contributed by atoms with E-state index in [1.54, 1.807) is 0 Å². The smallest absolute Gasteiger partial charge is 0.0955 e. The molecule has 0 atom stereocenters. The lowest BCUT2D eigenvalue weighted by Crippen LogP contribution is -2.10. The Bertz CT molecular complexity index is 842. The number of benzene rings is 3. The maximum atomic E-state index is 6.23. The average Bonchev–Trinajstić information content (AvgIpc) is 2.60. The van der Waals surface area contributed by atoms with Gasteiger partial charge in [-0.3, -0.25) is 0 Å². The molecule has 0 amide bonds. The van der Waals surface area contributed by atoms with Gasteiger partial charge >= 0.3 is 0 Å². The second-order valence-corrected chi connectivity index (χ2v) is 9.50. The number of rotatable bonds is 2. The molecule has 0 saturated carbocycles. The molecule has 2 radical (unpaired) electrons. The Morgan fingerprint density at radius 1 is 0.481 bits per heavy atom. The van der Waals surface area contributed by atoms with E-state index in [-0.39, 0.29) is 10.8 Å². The number of hydrogen-bond donors (Lipinski definition) is 0. The molecule has 0 saturated heterocycles. The van der Waals surface area contributed by atoms with Gasteiger partial charge in [0.25, 0.3) is 0 Å². The zero-order valence-electron chi connectivity index (χ0n) is 17.4. The first-order valence-corrected chi connectivity index (χ1v) is 9.66. The van der Waals surface area contributed by atoms with Gasteiger partial charge in [0.2, 0.25) is 0 Å². The summed E-state index contributed by atoms with van der Waals surface area (Å²) in [5.41, 5.74) is 8.51. The van der Waals surface area contributed by atoms with Crippen LogP contribution in [0.4, 0.5) is 0 Å². The van der Waals surface area contributed by atoms with E-state index < -0.39 is 0 Å². The lowest BCUT2D eigenvalue weighted by Gasteiger charge is -2.20. The molecule has 0 bridgehead atoms. The maximum Gasteiger partial charge on any atom is 0.113 e. The summed E-state index contributed by atoms with van der Waals surface area (Å²) in [5.74, 6) is 0. The first kappa shape index (κ1) is 19.5. The third kappa shape index (κ3) is 4.53. The van der Waals surface area contributed by atoms with Crippen LogP contribution in [0.3, 0.4) is 0 Å². The second kappa shape index (κ2) is 7.04. The predicted octanol–water partition coefficient (Wildman–Crippen LogP) is 6.41. The molecule has 3 aromatic rings. The van der Waals surface area contributed by atoms with Crippen LogP contribution in [0, 0.1) is 0 Å². The van der Waals surface area contributed by atoms with Crippen LogP contribution in [-0.2, 0) is 10.8 Å². The van der Waals surface area contributed by atoms with Gasteiger partial charge in [-0.2, -0.15) is 0 Å². The molecular formula is C26H29B. The van der Waals surface area contributed by atoms with Crippen LogP contribution in [-0.4, -0.2) is 7.85 Å². The highest BCUT2D eigenvalue weighted by molar-refractivity contribution is 6.33. The lowest BCUT2D eigenvalue weighted by atomic mass is 9.84. The van der Waals surface area contributed by atoms with Crippen LogP contribution in [0.25, 0.3) is 22.3 Å². The summed E-state index contributed by atoms with van der Waals surface area (Å²) in [6, 6.07) is 24.0. The standard InChI is InChI=1S/C26H29B/c1-25(2,3)22-11-7-18(8-12-22)20-15-21(17-24(27)16-20)19-9-13-23(14-10-19)26(4,5)6/h7-17H,1-6H3. The number of hydrogen-bond acceptors (Lipinski definition) is 0. The normalized spacial score (nSPS) is 12.2. The quantitative estimate of drug-likeness (QED) is 0.468. The van der Waals surface area contributed by atoms with Gasteiger partial charge < -0.3 is 0 Å². The summed E-state index contributed by atoms with van der Waals surface area (Å²) in [4.78, 5) is 0. The molecule has 0 nitrogen and oxygen atoms in total. The first-order valence-electron chi connectivity index (χ1n) is 9.66. The average molecular weight is 352 g/mol. The zero-order valence-corrected chi connectivity index (χ0v) is 17.4. The van der Waals surface area contributed by atoms with Gasteiger partial charge in [-0.1, -0.05) is 108 Å². The molecule has 27 heavy (non-hydrogen) atoms. The third-order valence-corrected chi connectivity index (χ3v) is 5.12. The Morgan fingerprint density at radius 2 is 0.815 bits per heavy atom. The fraction of sp³-hybridized carbons (Fsp3) is 0.308. The summed E-state index contributed by atoms with van der Waals surface area (Å²) in [6.45, 7) is 13.4. The van der Waals surface area contributed by atoms with Crippen molar-refractivity contribution in [2.75, 3.05) is 0 Å². The van der Waals surface area contributed by atoms with Crippen molar-refractivity contribution in [3.63, 3.8) is 0 Å². The van der Waals surface area contributed by atoms with Crippen molar-refractivity contribution in [3.05, 3.63) is 77.9 Å². The molecular weight excluding hydrogens is 323 g/mol. The molecule has 0 heterocycles. The molecule has 0 aliphatic heterocycles. The van der Waals surface area contributed by atoms with Crippen molar-refractivity contribution in [2.24, 2.45) is 0 Å². The van der Waals surface area contributed by atoms with Gasteiger partial charge in [-0.15, -0.1) is 0 Å². The van der Waals surface area contributed by atoms with Gasteiger partial charge in [-0.05, 0) is 50.3 Å². The van der Waals surface area contributed by atoms with E-state index in [1.165, 1.54) is 22.3 Å². The molecule has 0 aromatic heterocycles. The summed E-state index contributed by atoms with van der Waals surface area (Å²) in [7, 11) is 6.23. The molecule has 0 fully saturated rings. The van der Waals surface area contributed by atoms with E-state index >= 15 is 0 Å². The minimum Gasteiger partial charge on any atom is -0.0955 e. The van der Waals surface area contributed by atoms with E-state index in [4.69, 9.17) is 7.85 Å². The van der Waals surface area contributed by atoms with Gasteiger partial charge in [0, 0.05) is 0 Å². The van der Waals surface area contributed by atoms with Crippen molar-refractivity contribution in [3.8, 4) is 22.3 Å². The van der Waals surface area contributed by atoms with E-state index in [1.807, 2.05) is 0 Å². The molecule has 1 heteroatoms. The molecule has 3 rings (SSSR count). The van der Waals surface area contributed by atoms with Crippen LogP contribution in [0.2, 0.25) is 0 Å². The molecule has 136 valence electrons. The molecule has 0 aliphatic rings. The van der Waals surface area contributed by atoms with Crippen LogP contribution < -0.4 is 5.46 Å². The van der Waals surface area contributed by atoms with Crippen molar-refractivity contribution in [2.45, 2.75) is 52.4 Å². The zero-order chi connectivity index (χ0) is 19.8. The highest BCUT2D eigenvalue weighted by Gasteiger charge is 2.14. The van der Waals surface area contributed by atoms with Crippen LogP contribution in [0.15, 0.2) is 66.7 Å². The van der Waals surface area contributed by atoms with E-state index in [9.17, 15) is 0 Å². The molecule has 3 aromatic carbocycles. The third-order valence-electron chi connectivity index (χ3n) is 5.12. The molecule has 0 N–H and O–H groups in total. The van der Waals surface area contributed by atoms with Gasteiger partial charge in [0.05, 0.1) is 0 Å². The van der Waals surface area contributed by atoms with Crippen molar-refractivity contribution in [1.29, 1.82) is 0 Å². The predicted molar refractivity (Wildman–Crippen MR) is 120 cm³/mol. The van der Waals surface area contributed by atoms with Crippen LogP contribution >= 0.6 is 0 Å². The molecule has 0 unspecified atom stereocenters. The molecule has 0 aliphatic carbocycles. The van der Waals surface area contributed by atoms with E-state index in [2.05, 4.69) is 108 Å². The monoisotopic (exact) mass is 352 g/mol. The highest BCUT2D eigenvalue weighted by atomic mass is 14.2. The Balaban J connectivity index is 1.97. The largest absolute Gasteiger partial charge is 0.113 e. The summed E-state index contributed by atoms with van der Waals surface area (Å²) in [5, 5.41) is 0. The Hall–Kier alpha value is -2.28. The summed E-state index contributed by atoms with van der Waals surface area (Å²) in [6.07, 6.45) is 0. The lowest BCUT2D eigenvalue weighted by molar-refractivity contribution is 0.590. The SMILES string of the molecule is [B]c1cc(-c2ccc(C(C)(C)C)cc2)cc(-c2ccc(C(C)(C)C)cc2)c1. The fourth-order valence-electron chi connectivity index (χ4n) is 3.31.